The van der Waals surface area contributed by atoms with Crippen LogP contribution in [-0.4, -0.2) is 27.9 Å². The maximum atomic E-state index is 12.2. The van der Waals surface area contributed by atoms with Gasteiger partial charge in [-0.25, -0.2) is 0 Å². The van der Waals surface area contributed by atoms with Gasteiger partial charge in [0, 0.05) is 23.2 Å². The molecule has 2 N–H and O–H groups in total. The van der Waals surface area contributed by atoms with Gasteiger partial charge in [-0.3, -0.25) is 19.7 Å². The zero-order valence-electron chi connectivity index (χ0n) is 13.7. The minimum Gasteiger partial charge on any atom is -0.481 e. The van der Waals surface area contributed by atoms with E-state index in [1.807, 2.05) is 0 Å². The molecule has 0 aromatic heterocycles. The summed E-state index contributed by atoms with van der Waals surface area (Å²) in [7, 11) is 0. The molecule has 136 valence electrons. The molecule has 0 fully saturated rings. The van der Waals surface area contributed by atoms with E-state index < -0.39 is 16.9 Å². The highest BCUT2D eigenvalue weighted by atomic mass is 35.5. The van der Waals surface area contributed by atoms with Gasteiger partial charge in [-0.1, -0.05) is 35.9 Å². The Morgan fingerprint density at radius 2 is 1.85 bits per heavy atom. The number of nitro benzene ring substituents is 1. The molecule has 1 amide bonds. The first kappa shape index (κ1) is 19.4. The molecular formula is C18H17ClN2O5. The molecule has 8 heteroatoms. The summed E-state index contributed by atoms with van der Waals surface area (Å²) in [6, 6.07) is 12.0. The Kier molecular flexibility index (Phi) is 6.68. The lowest BCUT2D eigenvalue weighted by molar-refractivity contribution is -0.384. The molecule has 2 rings (SSSR count). The van der Waals surface area contributed by atoms with E-state index in [9.17, 15) is 19.7 Å². The topological polar surface area (TPSA) is 110 Å². The number of hydrogen-bond donors (Lipinski definition) is 2. The van der Waals surface area contributed by atoms with Crippen LogP contribution in [0.25, 0.3) is 0 Å². The molecule has 0 aliphatic carbocycles. The van der Waals surface area contributed by atoms with Crippen molar-refractivity contribution >= 4 is 29.2 Å². The van der Waals surface area contributed by atoms with Crippen molar-refractivity contribution in [2.75, 3.05) is 0 Å². The summed E-state index contributed by atoms with van der Waals surface area (Å²) >= 11 is 5.89. The average Bonchev–Trinajstić information content (AvgIpc) is 2.54. The van der Waals surface area contributed by atoms with E-state index >= 15 is 0 Å². The van der Waals surface area contributed by atoms with Crippen LogP contribution in [0.4, 0.5) is 5.69 Å². The number of non-ortho nitro benzene ring substituents is 1. The molecule has 0 saturated heterocycles. The first-order valence-electron chi connectivity index (χ1n) is 7.82. The number of carbonyl (C=O) groups excluding carboxylic acids is 1. The van der Waals surface area contributed by atoms with E-state index in [1.165, 1.54) is 12.1 Å². The third-order valence-electron chi connectivity index (χ3n) is 3.67. The number of halogens is 1. The Morgan fingerprint density at radius 1 is 1.15 bits per heavy atom. The fourth-order valence-corrected chi connectivity index (χ4v) is 2.75. The summed E-state index contributed by atoms with van der Waals surface area (Å²) in [6.45, 7) is 0. The Balaban J connectivity index is 2.02. The van der Waals surface area contributed by atoms with Gasteiger partial charge in [-0.2, -0.15) is 0 Å². The van der Waals surface area contributed by atoms with Gasteiger partial charge < -0.3 is 10.4 Å². The van der Waals surface area contributed by atoms with Gasteiger partial charge in [-0.15, -0.1) is 0 Å². The average molecular weight is 377 g/mol. The number of aliphatic carboxylic acids is 1. The highest BCUT2D eigenvalue weighted by Crippen LogP contribution is 2.15. The number of amides is 1. The molecule has 1 atom stereocenters. The number of nitrogens with zero attached hydrogens (tertiary/aromatic N) is 1. The lowest BCUT2D eigenvalue weighted by Crippen LogP contribution is -2.38. The van der Waals surface area contributed by atoms with E-state index in [-0.39, 0.29) is 30.9 Å². The Morgan fingerprint density at radius 3 is 2.42 bits per heavy atom. The monoisotopic (exact) mass is 376 g/mol. The minimum absolute atomic E-state index is 0.0477. The highest BCUT2D eigenvalue weighted by Gasteiger charge is 2.17. The van der Waals surface area contributed by atoms with Crippen LogP contribution in [0, 0.1) is 10.1 Å². The van der Waals surface area contributed by atoms with Crippen LogP contribution in [0.2, 0.25) is 5.02 Å². The molecule has 1 unspecified atom stereocenters. The molecule has 0 aliphatic heterocycles. The van der Waals surface area contributed by atoms with Gasteiger partial charge in [0.1, 0.15) is 0 Å². The second kappa shape index (κ2) is 8.96. The van der Waals surface area contributed by atoms with Crippen molar-refractivity contribution in [1.82, 2.24) is 5.32 Å². The van der Waals surface area contributed by atoms with Crippen molar-refractivity contribution in [1.29, 1.82) is 0 Å². The van der Waals surface area contributed by atoms with Gasteiger partial charge >= 0.3 is 5.97 Å². The SMILES string of the molecule is O=C(O)CC(Cc1ccc([N+](=O)[O-])cc1)NC(=O)Cc1cccc(Cl)c1. The van der Waals surface area contributed by atoms with Crippen LogP contribution < -0.4 is 5.32 Å². The molecule has 7 nitrogen and oxygen atoms in total. The third-order valence-corrected chi connectivity index (χ3v) is 3.90. The smallest absolute Gasteiger partial charge is 0.305 e. The van der Waals surface area contributed by atoms with Crippen molar-refractivity contribution in [2.45, 2.75) is 25.3 Å². The number of rotatable bonds is 8. The largest absolute Gasteiger partial charge is 0.481 e. The normalized spacial score (nSPS) is 11.6. The zero-order chi connectivity index (χ0) is 19.1. The Bertz CT molecular complexity index is 807. The maximum absolute atomic E-state index is 12.2. The number of carboxylic acid groups (broad SMARTS) is 1. The lowest BCUT2D eigenvalue weighted by Gasteiger charge is -2.17. The van der Waals surface area contributed by atoms with Crippen molar-refractivity contribution in [3.8, 4) is 0 Å². The molecule has 0 aliphatic rings. The van der Waals surface area contributed by atoms with Crippen molar-refractivity contribution in [3.05, 3.63) is 74.8 Å². The van der Waals surface area contributed by atoms with Gasteiger partial charge in [-0.05, 0) is 29.7 Å². The van der Waals surface area contributed by atoms with Crippen LogP contribution in [-0.2, 0) is 22.4 Å². The molecule has 0 radical (unpaired) electrons. The standard InChI is InChI=1S/C18H17ClN2O5/c19-14-3-1-2-13(8-14)10-17(22)20-15(11-18(23)24)9-12-4-6-16(7-5-12)21(25)26/h1-8,15H,9-11H2,(H,20,22)(H,23,24). The Labute approximate surface area is 154 Å². The van der Waals surface area contributed by atoms with Crippen LogP contribution in [0.1, 0.15) is 17.5 Å². The van der Waals surface area contributed by atoms with Crippen molar-refractivity contribution in [3.63, 3.8) is 0 Å². The molecule has 0 spiro atoms. The van der Waals surface area contributed by atoms with Crippen LogP contribution in [0.3, 0.4) is 0 Å². The number of benzene rings is 2. The number of carboxylic acids is 1. The molecule has 0 bridgehead atoms. The highest BCUT2D eigenvalue weighted by molar-refractivity contribution is 6.30. The predicted octanol–water partition coefficient (Wildman–Crippen LogP) is 2.99. The van der Waals surface area contributed by atoms with Gasteiger partial charge in [0.2, 0.25) is 5.91 Å². The number of nitrogens with one attached hydrogen (secondary N) is 1. The number of nitro groups is 1. The second-order valence-electron chi connectivity index (χ2n) is 5.80. The number of hydrogen-bond acceptors (Lipinski definition) is 4. The van der Waals surface area contributed by atoms with Crippen molar-refractivity contribution in [2.24, 2.45) is 0 Å². The third kappa shape index (κ3) is 6.18. The molecule has 26 heavy (non-hydrogen) atoms. The van der Waals surface area contributed by atoms with E-state index in [1.54, 1.807) is 36.4 Å². The second-order valence-corrected chi connectivity index (χ2v) is 6.23. The maximum Gasteiger partial charge on any atom is 0.305 e. The summed E-state index contributed by atoms with van der Waals surface area (Å²) < 4.78 is 0. The molecule has 0 heterocycles. The van der Waals surface area contributed by atoms with E-state index in [0.717, 1.165) is 5.56 Å². The molecule has 2 aromatic carbocycles. The molecule has 2 aromatic rings. The zero-order valence-corrected chi connectivity index (χ0v) is 14.5. The predicted molar refractivity (Wildman–Crippen MR) is 96.1 cm³/mol. The van der Waals surface area contributed by atoms with Crippen LogP contribution in [0.5, 0.6) is 0 Å². The Hall–Kier alpha value is -2.93. The summed E-state index contributed by atoms with van der Waals surface area (Å²) in [5.41, 5.74) is 1.37. The fraction of sp³-hybridized carbons (Fsp3) is 0.222. The lowest BCUT2D eigenvalue weighted by atomic mass is 10.0. The summed E-state index contributed by atoms with van der Waals surface area (Å²) in [5, 5.41) is 23.0. The van der Waals surface area contributed by atoms with Crippen LogP contribution in [0.15, 0.2) is 48.5 Å². The van der Waals surface area contributed by atoms with Crippen molar-refractivity contribution < 1.29 is 19.6 Å². The summed E-state index contributed by atoms with van der Waals surface area (Å²) in [5.74, 6) is -1.36. The van der Waals surface area contributed by atoms with E-state index in [2.05, 4.69) is 5.32 Å². The van der Waals surface area contributed by atoms with Gasteiger partial charge in [0.25, 0.3) is 5.69 Å². The molecular weight excluding hydrogens is 360 g/mol. The van der Waals surface area contributed by atoms with E-state index in [0.29, 0.717) is 10.6 Å². The van der Waals surface area contributed by atoms with Gasteiger partial charge in [0.15, 0.2) is 0 Å². The fourth-order valence-electron chi connectivity index (χ4n) is 2.53. The van der Waals surface area contributed by atoms with Crippen LogP contribution >= 0.6 is 11.6 Å². The van der Waals surface area contributed by atoms with Gasteiger partial charge in [0.05, 0.1) is 17.8 Å². The minimum atomic E-state index is -1.04. The first-order chi connectivity index (χ1) is 12.3. The molecule has 0 saturated carbocycles. The summed E-state index contributed by atoms with van der Waals surface area (Å²) in [4.78, 5) is 33.5. The quantitative estimate of drug-likeness (QED) is 0.543. The number of carbonyl (C=O) groups is 2. The van der Waals surface area contributed by atoms with E-state index in [4.69, 9.17) is 16.7 Å². The summed E-state index contributed by atoms with van der Waals surface area (Å²) in [6.07, 6.45) is 0.0841. The first-order valence-corrected chi connectivity index (χ1v) is 8.20.